The highest BCUT2D eigenvalue weighted by Crippen LogP contribution is 2.31. The average molecular weight is 384 g/mol. The maximum absolute atomic E-state index is 11.6. The van der Waals surface area contributed by atoms with E-state index < -0.39 is 42.6 Å². The van der Waals surface area contributed by atoms with E-state index in [1.165, 1.54) is 31.4 Å². The summed E-state index contributed by atoms with van der Waals surface area (Å²) >= 11 is 0. The van der Waals surface area contributed by atoms with Crippen LogP contribution in [0.3, 0.4) is 0 Å². The molecule has 0 aromatic heterocycles. The van der Waals surface area contributed by atoms with Gasteiger partial charge in [0.05, 0.1) is 14.2 Å². The van der Waals surface area contributed by atoms with Crippen molar-refractivity contribution >= 4 is 18.0 Å². The van der Waals surface area contributed by atoms with Crippen LogP contribution in [0.1, 0.15) is 5.56 Å². The Morgan fingerprint density at radius 3 is 2.37 bits per heavy atom. The van der Waals surface area contributed by atoms with E-state index in [0.29, 0.717) is 5.56 Å². The number of ether oxygens (including phenoxy) is 4. The highest BCUT2D eigenvalue weighted by atomic mass is 16.7. The van der Waals surface area contributed by atoms with E-state index in [9.17, 15) is 30.0 Å². The van der Waals surface area contributed by atoms with Gasteiger partial charge in [-0.2, -0.15) is 0 Å². The molecule has 4 N–H and O–H groups in total. The molecule has 0 radical (unpaired) electrons. The molecule has 27 heavy (non-hydrogen) atoms. The summed E-state index contributed by atoms with van der Waals surface area (Å²) in [6.45, 7) is 0. The Labute approximate surface area is 154 Å². The van der Waals surface area contributed by atoms with Crippen molar-refractivity contribution in [3.05, 3.63) is 29.8 Å². The molecule has 10 nitrogen and oxygen atoms in total. The Balaban J connectivity index is 2.16. The first-order chi connectivity index (χ1) is 12.8. The van der Waals surface area contributed by atoms with Crippen LogP contribution in [0.15, 0.2) is 24.3 Å². The minimum Gasteiger partial charge on any atom is -0.504 e. The Bertz CT molecular complexity index is 716. The number of hydrogen-bond donors (Lipinski definition) is 4. The number of phenolic OH excluding ortho intramolecular Hbond substituents is 1. The molecule has 0 spiro atoms. The van der Waals surface area contributed by atoms with Crippen LogP contribution in [0.4, 0.5) is 0 Å². The highest BCUT2D eigenvalue weighted by molar-refractivity contribution is 5.87. The molecule has 0 aliphatic carbocycles. The van der Waals surface area contributed by atoms with Crippen molar-refractivity contribution in [2.24, 2.45) is 0 Å². The molecular formula is C17H20O10. The largest absolute Gasteiger partial charge is 0.504 e. The number of esters is 2. The van der Waals surface area contributed by atoms with Gasteiger partial charge in [0.15, 0.2) is 17.6 Å². The summed E-state index contributed by atoms with van der Waals surface area (Å²) in [6.07, 6.45) is -5.74. The van der Waals surface area contributed by atoms with Gasteiger partial charge in [0, 0.05) is 6.08 Å². The van der Waals surface area contributed by atoms with Crippen LogP contribution in [-0.2, 0) is 23.8 Å². The summed E-state index contributed by atoms with van der Waals surface area (Å²) in [7, 11) is 2.29. The second-order valence-corrected chi connectivity index (χ2v) is 5.62. The topological polar surface area (TPSA) is 152 Å². The van der Waals surface area contributed by atoms with Crippen molar-refractivity contribution in [3.63, 3.8) is 0 Å². The van der Waals surface area contributed by atoms with Gasteiger partial charge < -0.3 is 39.4 Å². The molecule has 1 aliphatic heterocycles. The standard InChI is InChI=1S/C17H20O10/c1-24-11(19)6-4-8-3-5-10(9(18)7-8)26-17-14(22)12(20)13(21)15(27-17)16(23)25-2/h3-7,12-15,17-18,20-22H,1-2H3/b6-4+/t12-,13-,14+,15-,17+/m0/s1. The number of carbonyl (C=O) groups is 2. The molecule has 148 valence electrons. The van der Waals surface area contributed by atoms with Crippen molar-refractivity contribution in [3.8, 4) is 11.5 Å². The molecule has 0 saturated carbocycles. The van der Waals surface area contributed by atoms with Gasteiger partial charge in [-0.3, -0.25) is 0 Å². The van der Waals surface area contributed by atoms with E-state index in [1.54, 1.807) is 0 Å². The Hall–Kier alpha value is -2.66. The summed E-state index contributed by atoms with van der Waals surface area (Å²) < 4.78 is 19.4. The van der Waals surface area contributed by atoms with Crippen LogP contribution in [-0.4, -0.2) is 77.3 Å². The molecule has 0 bridgehead atoms. The van der Waals surface area contributed by atoms with Gasteiger partial charge in [-0.25, -0.2) is 9.59 Å². The van der Waals surface area contributed by atoms with Gasteiger partial charge in [0.1, 0.15) is 18.3 Å². The Kier molecular flexibility index (Phi) is 6.75. The Morgan fingerprint density at radius 2 is 1.78 bits per heavy atom. The van der Waals surface area contributed by atoms with Crippen LogP contribution in [0, 0.1) is 0 Å². The summed E-state index contributed by atoms with van der Waals surface area (Å²) in [5.74, 6) is -2.01. The smallest absolute Gasteiger partial charge is 0.337 e. The first-order valence-corrected chi connectivity index (χ1v) is 7.81. The molecular weight excluding hydrogens is 364 g/mol. The van der Waals surface area contributed by atoms with Crippen molar-refractivity contribution in [2.75, 3.05) is 14.2 Å². The molecule has 1 heterocycles. The second kappa shape index (κ2) is 8.82. The van der Waals surface area contributed by atoms with Crippen LogP contribution in [0.2, 0.25) is 0 Å². The number of aliphatic hydroxyl groups excluding tert-OH is 3. The van der Waals surface area contributed by atoms with Gasteiger partial charge in [-0.1, -0.05) is 6.07 Å². The number of benzene rings is 1. The third kappa shape index (κ3) is 4.74. The molecule has 10 heteroatoms. The lowest BCUT2D eigenvalue weighted by atomic mass is 9.99. The van der Waals surface area contributed by atoms with E-state index in [4.69, 9.17) is 9.47 Å². The van der Waals surface area contributed by atoms with E-state index in [2.05, 4.69) is 9.47 Å². The first-order valence-electron chi connectivity index (χ1n) is 7.81. The molecule has 1 aromatic rings. The minimum absolute atomic E-state index is 0.124. The van der Waals surface area contributed by atoms with Gasteiger partial charge in [0.2, 0.25) is 6.29 Å². The number of hydrogen-bond acceptors (Lipinski definition) is 10. The number of methoxy groups -OCH3 is 2. The number of aromatic hydroxyl groups is 1. The van der Waals surface area contributed by atoms with Gasteiger partial charge in [0.25, 0.3) is 0 Å². The van der Waals surface area contributed by atoms with E-state index in [1.807, 2.05) is 0 Å². The second-order valence-electron chi connectivity index (χ2n) is 5.62. The molecule has 1 saturated heterocycles. The molecule has 2 rings (SSSR count). The fourth-order valence-electron chi connectivity index (χ4n) is 2.35. The van der Waals surface area contributed by atoms with Crippen LogP contribution in [0.5, 0.6) is 11.5 Å². The molecule has 0 unspecified atom stereocenters. The van der Waals surface area contributed by atoms with Crippen LogP contribution >= 0.6 is 0 Å². The predicted molar refractivity (Wildman–Crippen MR) is 88.5 cm³/mol. The lowest BCUT2D eigenvalue weighted by Crippen LogP contribution is -2.61. The van der Waals surface area contributed by atoms with Crippen molar-refractivity contribution in [1.29, 1.82) is 0 Å². The van der Waals surface area contributed by atoms with Crippen LogP contribution in [0.25, 0.3) is 6.08 Å². The monoisotopic (exact) mass is 384 g/mol. The lowest BCUT2D eigenvalue weighted by molar-refractivity contribution is -0.272. The summed E-state index contributed by atoms with van der Waals surface area (Å²) in [4.78, 5) is 22.7. The Morgan fingerprint density at radius 1 is 1.07 bits per heavy atom. The van der Waals surface area contributed by atoms with Crippen molar-refractivity contribution in [2.45, 2.75) is 30.7 Å². The molecule has 1 fully saturated rings. The number of phenols is 1. The van der Waals surface area contributed by atoms with Crippen LogP contribution < -0.4 is 4.74 Å². The first kappa shape index (κ1) is 20.6. The number of carbonyl (C=O) groups excluding carboxylic acids is 2. The van der Waals surface area contributed by atoms with E-state index >= 15 is 0 Å². The minimum atomic E-state index is -1.74. The molecule has 1 aromatic carbocycles. The number of aliphatic hydroxyl groups is 3. The lowest BCUT2D eigenvalue weighted by Gasteiger charge is -2.38. The molecule has 0 amide bonds. The third-order valence-corrected chi connectivity index (χ3v) is 3.84. The summed E-state index contributed by atoms with van der Waals surface area (Å²) in [5, 5.41) is 39.8. The fraction of sp³-hybridized carbons (Fsp3) is 0.412. The average Bonchev–Trinajstić information content (AvgIpc) is 2.67. The summed E-state index contributed by atoms with van der Waals surface area (Å²) in [5.41, 5.74) is 0.457. The van der Waals surface area contributed by atoms with E-state index in [0.717, 1.165) is 13.2 Å². The highest BCUT2D eigenvalue weighted by Gasteiger charge is 2.48. The van der Waals surface area contributed by atoms with E-state index in [-0.39, 0.29) is 11.5 Å². The van der Waals surface area contributed by atoms with Crippen molar-refractivity contribution in [1.82, 2.24) is 0 Å². The molecule has 1 aliphatic rings. The predicted octanol–water partition coefficient (Wildman–Crippen LogP) is -1.06. The van der Waals surface area contributed by atoms with Gasteiger partial charge >= 0.3 is 11.9 Å². The zero-order chi connectivity index (χ0) is 20.1. The SMILES string of the molecule is COC(=O)/C=C/c1ccc(O[C@@H]2O[C@H](C(=O)OC)[C@@H](O)[C@H](O)[C@H]2O)c(O)c1. The fourth-order valence-corrected chi connectivity index (χ4v) is 2.35. The zero-order valence-electron chi connectivity index (χ0n) is 14.5. The van der Waals surface area contributed by atoms with Gasteiger partial charge in [-0.15, -0.1) is 0 Å². The summed E-state index contributed by atoms with van der Waals surface area (Å²) in [6, 6.07) is 4.09. The van der Waals surface area contributed by atoms with Gasteiger partial charge in [-0.05, 0) is 23.8 Å². The maximum Gasteiger partial charge on any atom is 0.337 e. The normalized spacial score (nSPS) is 28.0. The zero-order valence-corrected chi connectivity index (χ0v) is 14.5. The maximum atomic E-state index is 11.6. The third-order valence-electron chi connectivity index (χ3n) is 3.84. The number of rotatable bonds is 5. The molecule has 5 atom stereocenters. The van der Waals surface area contributed by atoms with Crippen molar-refractivity contribution < 1.29 is 49.0 Å². The quantitative estimate of drug-likeness (QED) is 0.365.